The van der Waals surface area contributed by atoms with Crippen molar-refractivity contribution in [1.82, 2.24) is 5.32 Å². The molecule has 1 aliphatic rings. The van der Waals surface area contributed by atoms with Gasteiger partial charge in [-0.3, -0.25) is 0 Å². The van der Waals surface area contributed by atoms with E-state index in [0.717, 1.165) is 0 Å². The van der Waals surface area contributed by atoms with Crippen molar-refractivity contribution >= 4 is 11.3 Å². The minimum absolute atomic E-state index is 0.417. The molecule has 2 heteroatoms. The van der Waals surface area contributed by atoms with Crippen LogP contribution in [-0.4, -0.2) is 6.04 Å². The zero-order valence-electron chi connectivity index (χ0n) is 12.1. The van der Waals surface area contributed by atoms with E-state index in [-0.39, 0.29) is 0 Å². The fourth-order valence-electron chi connectivity index (χ4n) is 3.03. The molecule has 96 valence electrons. The Balaban J connectivity index is 2.09. The van der Waals surface area contributed by atoms with Crippen LogP contribution in [0.15, 0.2) is 6.07 Å². The third-order valence-corrected chi connectivity index (χ3v) is 5.96. The molecule has 2 rings (SSSR count). The first-order valence-electron chi connectivity index (χ1n) is 6.51. The summed E-state index contributed by atoms with van der Waals surface area (Å²) in [4.78, 5) is 2.87. The highest BCUT2D eigenvalue weighted by Crippen LogP contribution is 2.63. The molecule has 1 aromatic heterocycles. The lowest BCUT2D eigenvalue weighted by Crippen LogP contribution is -2.25. The molecule has 0 bridgehead atoms. The summed E-state index contributed by atoms with van der Waals surface area (Å²) in [5.74, 6) is 0. The minimum Gasteiger partial charge on any atom is -0.306 e. The smallest absolute Gasteiger partial charge is 0.0305 e. The molecule has 1 saturated carbocycles. The van der Waals surface area contributed by atoms with Gasteiger partial charge in [-0.1, -0.05) is 27.7 Å². The molecule has 1 fully saturated rings. The number of nitrogens with one attached hydrogen (secondary N) is 1. The second kappa shape index (κ2) is 3.83. The Bertz CT molecular complexity index is 414. The summed E-state index contributed by atoms with van der Waals surface area (Å²) >= 11 is 1.90. The monoisotopic (exact) mass is 251 g/mol. The van der Waals surface area contributed by atoms with Gasteiger partial charge in [-0.2, -0.15) is 0 Å². The second-order valence-electron chi connectivity index (χ2n) is 6.63. The maximum absolute atomic E-state index is 3.81. The highest BCUT2D eigenvalue weighted by atomic mass is 32.1. The number of rotatable bonds is 3. The average molecular weight is 251 g/mol. The largest absolute Gasteiger partial charge is 0.306 e. The van der Waals surface area contributed by atoms with Gasteiger partial charge in [0.1, 0.15) is 0 Å². The van der Waals surface area contributed by atoms with Crippen molar-refractivity contribution in [3.8, 4) is 0 Å². The molecule has 0 spiro atoms. The van der Waals surface area contributed by atoms with Gasteiger partial charge in [-0.25, -0.2) is 0 Å². The molecule has 1 nitrogen and oxygen atoms in total. The maximum Gasteiger partial charge on any atom is 0.0305 e. The fraction of sp³-hybridized carbons (Fsp3) is 0.733. The van der Waals surface area contributed by atoms with E-state index < -0.39 is 0 Å². The number of aryl methyl sites for hydroxylation is 2. The maximum atomic E-state index is 3.81. The van der Waals surface area contributed by atoms with E-state index in [2.05, 4.69) is 59.8 Å². The Morgan fingerprint density at radius 2 is 1.71 bits per heavy atom. The van der Waals surface area contributed by atoms with Crippen molar-refractivity contribution in [3.05, 3.63) is 21.4 Å². The Labute approximate surface area is 110 Å². The molecule has 1 heterocycles. The van der Waals surface area contributed by atoms with Gasteiger partial charge in [0.25, 0.3) is 0 Å². The van der Waals surface area contributed by atoms with E-state index in [9.17, 15) is 0 Å². The molecule has 1 atom stereocenters. The zero-order valence-corrected chi connectivity index (χ0v) is 13.0. The second-order valence-corrected chi connectivity index (χ2v) is 8.09. The lowest BCUT2D eigenvalue weighted by Gasteiger charge is -2.15. The molecule has 0 aliphatic heterocycles. The first-order valence-corrected chi connectivity index (χ1v) is 7.32. The van der Waals surface area contributed by atoms with Crippen LogP contribution in [0.5, 0.6) is 0 Å². The van der Waals surface area contributed by atoms with E-state index in [1.165, 1.54) is 15.3 Å². The Kier molecular flexibility index (Phi) is 2.95. The van der Waals surface area contributed by atoms with Crippen LogP contribution in [0.25, 0.3) is 0 Å². The molecule has 1 unspecified atom stereocenters. The van der Waals surface area contributed by atoms with E-state index in [1.54, 1.807) is 0 Å². The lowest BCUT2D eigenvalue weighted by atomic mass is 10.0. The lowest BCUT2D eigenvalue weighted by molar-refractivity contribution is 0.457. The minimum atomic E-state index is 0.417. The summed E-state index contributed by atoms with van der Waals surface area (Å²) < 4.78 is 0. The van der Waals surface area contributed by atoms with Gasteiger partial charge in [0.05, 0.1) is 0 Å². The van der Waals surface area contributed by atoms with Crippen LogP contribution in [-0.2, 0) is 0 Å². The van der Waals surface area contributed by atoms with Crippen LogP contribution >= 0.6 is 11.3 Å². The van der Waals surface area contributed by atoms with Crippen molar-refractivity contribution < 1.29 is 0 Å². The van der Waals surface area contributed by atoms with Crippen LogP contribution in [0.1, 0.15) is 56.0 Å². The summed E-state index contributed by atoms with van der Waals surface area (Å²) in [5, 5.41) is 3.81. The molecule has 1 aliphatic carbocycles. The van der Waals surface area contributed by atoms with Gasteiger partial charge in [0.2, 0.25) is 0 Å². The third kappa shape index (κ3) is 1.96. The van der Waals surface area contributed by atoms with Gasteiger partial charge < -0.3 is 5.32 Å². The van der Waals surface area contributed by atoms with Gasteiger partial charge in [-0.05, 0) is 43.2 Å². The predicted molar refractivity (Wildman–Crippen MR) is 76.7 cm³/mol. The topological polar surface area (TPSA) is 12.0 Å². The van der Waals surface area contributed by atoms with Crippen LogP contribution in [0.4, 0.5) is 0 Å². The van der Waals surface area contributed by atoms with Crippen molar-refractivity contribution in [2.45, 2.75) is 60.5 Å². The number of thiophene rings is 1. The van der Waals surface area contributed by atoms with Crippen molar-refractivity contribution in [2.24, 2.45) is 10.8 Å². The van der Waals surface area contributed by atoms with Crippen LogP contribution < -0.4 is 5.32 Å². The molecule has 17 heavy (non-hydrogen) atoms. The average Bonchev–Trinajstić information content (AvgIpc) is 2.50. The molecule has 0 aromatic carbocycles. The van der Waals surface area contributed by atoms with Gasteiger partial charge in [-0.15, -0.1) is 11.3 Å². The van der Waals surface area contributed by atoms with Crippen LogP contribution in [0, 0.1) is 24.7 Å². The Morgan fingerprint density at radius 3 is 2.06 bits per heavy atom. The first kappa shape index (κ1) is 13.1. The van der Waals surface area contributed by atoms with Gasteiger partial charge >= 0.3 is 0 Å². The molecule has 0 amide bonds. The van der Waals surface area contributed by atoms with Gasteiger partial charge in [0.15, 0.2) is 0 Å². The van der Waals surface area contributed by atoms with E-state index >= 15 is 0 Å². The van der Waals surface area contributed by atoms with Crippen LogP contribution in [0.3, 0.4) is 0 Å². The summed E-state index contributed by atoms with van der Waals surface area (Å²) in [5.41, 5.74) is 2.31. The molecule has 0 saturated heterocycles. The van der Waals surface area contributed by atoms with Gasteiger partial charge in [0, 0.05) is 21.8 Å². The molecular formula is C15H25NS. The molecule has 1 aromatic rings. The van der Waals surface area contributed by atoms with Crippen molar-refractivity contribution in [3.63, 3.8) is 0 Å². The summed E-state index contributed by atoms with van der Waals surface area (Å²) in [7, 11) is 0. The Morgan fingerprint density at radius 1 is 1.18 bits per heavy atom. The fourth-order valence-corrected chi connectivity index (χ4v) is 4.06. The summed E-state index contributed by atoms with van der Waals surface area (Å²) in [6, 6.07) is 3.43. The van der Waals surface area contributed by atoms with Crippen LogP contribution in [0.2, 0.25) is 0 Å². The van der Waals surface area contributed by atoms with E-state index in [4.69, 9.17) is 0 Å². The van der Waals surface area contributed by atoms with Crippen molar-refractivity contribution in [1.29, 1.82) is 0 Å². The SMILES string of the molecule is Cc1cc(C(C)NC2C(C)(C)C2(C)C)c(C)s1. The van der Waals surface area contributed by atoms with E-state index in [1.807, 2.05) is 11.3 Å². The normalized spacial score (nSPS) is 23.7. The number of hydrogen-bond donors (Lipinski definition) is 1. The summed E-state index contributed by atoms with van der Waals surface area (Å²) in [6.07, 6.45) is 0. The van der Waals surface area contributed by atoms with Crippen molar-refractivity contribution in [2.75, 3.05) is 0 Å². The number of hydrogen-bond acceptors (Lipinski definition) is 2. The highest BCUT2D eigenvalue weighted by molar-refractivity contribution is 7.12. The zero-order chi connectivity index (χ0) is 13.0. The molecular weight excluding hydrogens is 226 g/mol. The molecule has 1 N–H and O–H groups in total. The standard InChI is InChI=1S/C15H25NS/c1-9-8-12(11(3)17-9)10(2)16-13-14(4,5)15(13,6)7/h8,10,13,16H,1-7H3. The predicted octanol–water partition coefficient (Wildman–Crippen LogP) is 4.45. The summed E-state index contributed by atoms with van der Waals surface area (Å²) in [6.45, 7) is 16.2. The van der Waals surface area contributed by atoms with E-state index in [0.29, 0.717) is 22.9 Å². The Hall–Kier alpha value is -0.340. The third-order valence-electron chi connectivity index (χ3n) is 4.98. The quantitative estimate of drug-likeness (QED) is 0.837. The highest BCUT2D eigenvalue weighted by Gasteiger charge is 2.64. The molecule has 0 radical (unpaired) electrons. The first-order chi connectivity index (χ1) is 7.68.